The number of rotatable bonds is 4. The normalized spacial score (nSPS) is 12.9. The fraction of sp³-hybridized carbons (Fsp3) is 0.600. The molecule has 0 radical (unpaired) electrons. The first-order chi connectivity index (χ1) is 7.04. The number of nitrogens with one attached hydrogen (secondary N) is 1. The van der Waals surface area contributed by atoms with Gasteiger partial charge in [0.05, 0.1) is 11.7 Å². The van der Waals surface area contributed by atoms with Crippen molar-refractivity contribution in [1.82, 2.24) is 4.98 Å². The Kier molecular flexibility index (Phi) is 4.23. The molecule has 0 aromatic carbocycles. The molecular weight excluding hydrogens is 210 g/mol. The van der Waals surface area contributed by atoms with Crippen molar-refractivity contribution in [1.29, 1.82) is 0 Å². The lowest BCUT2D eigenvalue weighted by Gasteiger charge is -2.07. The summed E-state index contributed by atoms with van der Waals surface area (Å²) in [5.41, 5.74) is 6.60. The monoisotopic (exact) mass is 227 g/mol. The van der Waals surface area contributed by atoms with Gasteiger partial charge in [0.15, 0.2) is 5.13 Å². The molecule has 1 atom stereocenters. The highest BCUT2D eigenvalue weighted by atomic mass is 32.1. The highest BCUT2D eigenvalue weighted by Crippen LogP contribution is 2.21. The number of nitrogens with zero attached hydrogens (tertiary/aromatic N) is 1. The summed E-state index contributed by atoms with van der Waals surface area (Å²) in [5.74, 6) is 0.217. The van der Waals surface area contributed by atoms with Gasteiger partial charge in [0, 0.05) is 5.38 Å². The van der Waals surface area contributed by atoms with E-state index in [0.29, 0.717) is 17.5 Å². The molecule has 1 aromatic rings. The summed E-state index contributed by atoms with van der Waals surface area (Å²) in [6.07, 6.45) is 0.633. The van der Waals surface area contributed by atoms with Gasteiger partial charge in [0.1, 0.15) is 0 Å². The quantitative estimate of drug-likeness (QED) is 0.826. The van der Waals surface area contributed by atoms with Crippen molar-refractivity contribution >= 4 is 22.4 Å². The molecule has 1 aromatic heterocycles. The van der Waals surface area contributed by atoms with Crippen molar-refractivity contribution in [2.24, 2.45) is 5.73 Å². The van der Waals surface area contributed by atoms with Crippen molar-refractivity contribution in [3.8, 4) is 0 Å². The van der Waals surface area contributed by atoms with Gasteiger partial charge in [-0.05, 0) is 12.3 Å². The third kappa shape index (κ3) is 3.28. The van der Waals surface area contributed by atoms with E-state index in [2.05, 4.69) is 24.1 Å². The number of hydrogen-bond acceptors (Lipinski definition) is 4. The van der Waals surface area contributed by atoms with E-state index in [4.69, 9.17) is 5.73 Å². The molecule has 0 aliphatic rings. The fourth-order valence-corrected chi connectivity index (χ4v) is 1.87. The Hall–Kier alpha value is -0.940. The van der Waals surface area contributed by atoms with Crippen LogP contribution in [-0.2, 0) is 4.79 Å². The maximum absolute atomic E-state index is 11.5. The van der Waals surface area contributed by atoms with Crippen LogP contribution in [0.15, 0.2) is 5.38 Å². The van der Waals surface area contributed by atoms with E-state index in [-0.39, 0.29) is 5.91 Å². The van der Waals surface area contributed by atoms with E-state index in [9.17, 15) is 4.79 Å². The van der Waals surface area contributed by atoms with Gasteiger partial charge < -0.3 is 11.1 Å². The Morgan fingerprint density at radius 3 is 2.80 bits per heavy atom. The van der Waals surface area contributed by atoms with Crippen molar-refractivity contribution in [2.45, 2.75) is 39.2 Å². The molecule has 84 valence electrons. The summed E-state index contributed by atoms with van der Waals surface area (Å²) in [6.45, 7) is 6.02. The molecule has 1 rings (SSSR count). The van der Waals surface area contributed by atoms with Crippen LogP contribution >= 0.6 is 11.3 Å². The number of thiazole rings is 1. The predicted octanol–water partition coefficient (Wildman–Crippen LogP) is 1.94. The van der Waals surface area contributed by atoms with Crippen LogP contribution in [0.3, 0.4) is 0 Å². The topological polar surface area (TPSA) is 68.0 Å². The van der Waals surface area contributed by atoms with E-state index < -0.39 is 6.04 Å². The largest absolute Gasteiger partial charge is 0.320 e. The summed E-state index contributed by atoms with van der Waals surface area (Å²) in [6, 6.07) is -0.448. The molecule has 5 heteroatoms. The summed E-state index contributed by atoms with van der Waals surface area (Å²) in [5, 5.41) is 5.30. The molecule has 0 saturated heterocycles. The molecule has 15 heavy (non-hydrogen) atoms. The highest BCUT2D eigenvalue weighted by molar-refractivity contribution is 7.13. The van der Waals surface area contributed by atoms with Gasteiger partial charge in [0.25, 0.3) is 0 Å². The third-order valence-corrected chi connectivity index (χ3v) is 2.90. The molecule has 1 amide bonds. The average molecular weight is 227 g/mol. The van der Waals surface area contributed by atoms with Crippen LogP contribution in [0.4, 0.5) is 5.13 Å². The highest BCUT2D eigenvalue weighted by Gasteiger charge is 2.13. The van der Waals surface area contributed by atoms with E-state index in [0.717, 1.165) is 5.69 Å². The molecule has 3 N–H and O–H groups in total. The lowest BCUT2D eigenvalue weighted by Crippen LogP contribution is -2.34. The maximum atomic E-state index is 11.5. The van der Waals surface area contributed by atoms with Crippen LogP contribution in [0.1, 0.15) is 38.8 Å². The van der Waals surface area contributed by atoms with Gasteiger partial charge in [0.2, 0.25) is 5.91 Å². The van der Waals surface area contributed by atoms with Crippen LogP contribution in [-0.4, -0.2) is 16.9 Å². The molecule has 0 bridgehead atoms. The Balaban J connectivity index is 2.61. The number of nitrogens with two attached hydrogens (primary N) is 1. The zero-order valence-corrected chi connectivity index (χ0v) is 10.1. The number of hydrogen-bond donors (Lipinski definition) is 2. The van der Waals surface area contributed by atoms with Gasteiger partial charge in [-0.1, -0.05) is 20.8 Å². The van der Waals surface area contributed by atoms with Crippen LogP contribution in [0.5, 0.6) is 0 Å². The minimum absolute atomic E-state index is 0.165. The van der Waals surface area contributed by atoms with Crippen molar-refractivity contribution < 1.29 is 4.79 Å². The van der Waals surface area contributed by atoms with Crippen LogP contribution in [0.25, 0.3) is 0 Å². The second-order valence-corrected chi connectivity index (χ2v) is 4.59. The first kappa shape index (κ1) is 12.1. The van der Waals surface area contributed by atoms with E-state index >= 15 is 0 Å². The van der Waals surface area contributed by atoms with Gasteiger partial charge in [-0.15, -0.1) is 11.3 Å². The summed E-state index contributed by atoms with van der Waals surface area (Å²) < 4.78 is 0. The van der Waals surface area contributed by atoms with Crippen molar-refractivity contribution in [2.75, 3.05) is 5.32 Å². The first-order valence-corrected chi connectivity index (χ1v) is 5.94. The van der Waals surface area contributed by atoms with Gasteiger partial charge in [-0.25, -0.2) is 4.98 Å². The minimum atomic E-state index is -0.448. The second-order valence-electron chi connectivity index (χ2n) is 3.74. The zero-order chi connectivity index (χ0) is 11.4. The molecule has 0 spiro atoms. The van der Waals surface area contributed by atoms with E-state index in [1.165, 1.54) is 11.3 Å². The molecule has 1 heterocycles. The third-order valence-electron chi connectivity index (χ3n) is 2.12. The molecule has 0 aliphatic heterocycles. The molecular formula is C10H17N3OS. The van der Waals surface area contributed by atoms with E-state index in [1.54, 1.807) is 0 Å². The minimum Gasteiger partial charge on any atom is -0.320 e. The summed E-state index contributed by atoms with van der Waals surface area (Å²) >= 11 is 1.44. The molecule has 0 fully saturated rings. The number of aromatic nitrogens is 1. The second kappa shape index (κ2) is 5.23. The van der Waals surface area contributed by atoms with Crippen molar-refractivity contribution in [3.63, 3.8) is 0 Å². The van der Waals surface area contributed by atoms with Crippen LogP contribution in [0.2, 0.25) is 0 Å². The predicted molar refractivity (Wildman–Crippen MR) is 63.1 cm³/mol. The average Bonchev–Trinajstić information content (AvgIpc) is 2.65. The molecule has 0 aliphatic carbocycles. The van der Waals surface area contributed by atoms with E-state index in [1.807, 2.05) is 12.3 Å². The number of amides is 1. The standard InChI is InChI=1S/C10H17N3OS/c1-4-7(11)9(14)13-10-12-8(5-15-10)6(2)3/h5-7H,4,11H2,1-3H3,(H,12,13,14). The Morgan fingerprint density at radius 2 is 2.33 bits per heavy atom. The number of anilines is 1. The lowest BCUT2D eigenvalue weighted by molar-refractivity contribution is -0.117. The molecule has 4 nitrogen and oxygen atoms in total. The SMILES string of the molecule is CCC(N)C(=O)Nc1nc(C(C)C)cs1. The Bertz CT molecular complexity index is 335. The number of carbonyl (C=O) groups is 1. The van der Waals surface area contributed by atoms with Gasteiger partial charge in [-0.3, -0.25) is 4.79 Å². The Morgan fingerprint density at radius 1 is 1.67 bits per heavy atom. The first-order valence-electron chi connectivity index (χ1n) is 5.06. The van der Waals surface area contributed by atoms with Gasteiger partial charge in [-0.2, -0.15) is 0 Å². The van der Waals surface area contributed by atoms with Crippen molar-refractivity contribution in [3.05, 3.63) is 11.1 Å². The zero-order valence-electron chi connectivity index (χ0n) is 9.28. The molecule has 0 saturated carbocycles. The smallest absolute Gasteiger partial charge is 0.243 e. The summed E-state index contributed by atoms with van der Waals surface area (Å²) in [4.78, 5) is 15.8. The molecule has 1 unspecified atom stereocenters. The van der Waals surface area contributed by atoms with Crippen LogP contribution < -0.4 is 11.1 Å². The van der Waals surface area contributed by atoms with Crippen LogP contribution in [0, 0.1) is 0 Å². The number of carbonyl (C=O) groups excluding carboxylic acids is 1. The summed E-state index contributed by atoms with van der Waals surface area (Å²) in [7, 11) is 0. The lowest BCUT2D eigenvalue weighted by atomic mass is 10.2. The fourth-order valence-electron chi connectivity index (χ4n) is 0.992. The maximum Gasteiger partial charge on any atom is 0.243 e. The Labute approximate surface area is 93.9 Å². The van der Waals surface area contributed by atoms with Gasteiger partial charge >= 0.3 is 0 Å².